The van der Waals surface area contributed by atoms with Crippen molar-refractivity contribution in [3.05, 3.63) is 35.9 Å². The molecule has 22 heavy (non-hydrogen) atoms. The van der Waals surface area contributed by atoms with Crippen molar-refractivity contribution in [3.63, 3.8) is 0 Å². The van der Waals surface area contributed by atoms with Crippen molar-refractivity contribution in [1.82, 2.24) is 0 Å². The fourth-order valence-corrected chi connectivity index (χ4v) is 1.73. The Morgan fingerprint density at radius 1 is 1.09 bits per heavy atom. The van der Waals surface area contributed by atoms with Crippen molar-refractivity contribution in [1.29, 1.82) is 0 Å². The number of carbonyl (C=O) groups is 3. The van der Waals surface area contributed by atoms with Crippen LogP contribution in [0.2, 0.25) is 0 Å². The van der Waals surface area contributed by atoms with Gasteiger partial charge in [-0.05, 0) is 12.0 Å². The zero-order valence-electron chi connectivity index (χ0n) is 12.6. The van der Waals surface area contributed by atoms with E-state index in [9.17, 15) is 14.4 Å². The van der Waals surface area contributed by atoms with Crippen LogP contribution in [0.5, 0.6) is 0 Å². The van der Waals surface area contributed by atoms with Gasteiger partial charge in [0, 0.05) is 6.42 Å². The molecule has 1 aromatic carbocycles. The summed E-state index contributed by atoms with van der Waals surface area (Å²) in [7, 11) is 0. The first-order chi connectivity index (χ1) is 10.6. The summed E-state index contributed by atoms with van der Waals surface area (Å²) in [6.07, 6.45) is 0.328. The molecule has 0 amide bonds. The third-order valence-electron chi connectivity index (χ3n) is 3.05. The van der Waals surface area contributed by atoms with Crippen LogP contribution >= 0.6 is 0 Å². The Morgan fingerprint density at radius 3 is 2.32 bits per heavy atom. The largest absolute Gasteiger partial charge is 0.465 e. The minimum atomic E-state index is -0.975. The summed E-state index contributed by atoms with van der Waals surface area (Å²) >= 11 is 0. The van der Waals surface area contributed by atoms with E-state index in [0.29, 0.717) is 0 Å². The van der Waals surface area contributed by atoms with Crippen LogP contribution in [0.1, 0.15) is 25.3 Å². The van der Waals surface area contributed by atoms with E-state index in [0.717, 1.165) is 5.56 Å². The monoisotopic (exact) mass is 307 g/mol. The SMILES string of the molecule is CCC(C(=O)OCCC(=O)CN)C(=O)OCc1ccccc1. The number of Topliss-reactive ketones (excluding diaryl/α,β-unsaturated/α-hetero) is 1. The van der Waals surface area contributed by atoms with E-state index in [1.807, 2.05) is 30.3 Å². The van der Waals surface area contributed by atoms with Crippen LogP contribution in [0.3, 0.4) is 0 Å². The van der Waals surface area contributed by atoms with E-state index in [2.05, 4.69) is 0 Å². The maximum absolute atomic E-state index is 11.9. The van der Waals surface area contributed by atoms with Crippen LogP contribution in [-0.2, 0) is 30.5 Å². The molecule has 1 unspecified atom stereocenters. The summed E-state index contributed by atoms with van der Waals surface area (Å²) in [6.45, 7) is 1.64. The van der Waals surface area contributed by atoms with Gasteiger partial charge in [-0.15, -0.1) is 0 Å². The lowest BCUT2D eigenvalue weighted by Crippen LogP contribution is -2.28. The van der Waals surface area contributed by atoms with Gasteiger partial charge in [-0.2, -0.15) is 0 Å². The third-order valence-corrected chi connectivity index (χ3v) is 3.05. The summed E-state index contributed by atoms with van der Waals surface area (Å²) in [5.41, 5.74) is 5.99. The highest BCUT2D eigenvalue weighted by molar-refractivity contribution is 5.94. The average Bonchev–Trinajstić information content (AvgIpc) is 2.54. The molecule has 0 saturated heterocycles. The normalized spacial score (nSPS) is 11.5. The lowest BCUT2D eigenvalue weighted by Gasteiger charge is -2.13. The number of benzene rings is 1. The van der Waals surface area contributed by atoms with Gasteiger partial charge in [-0.1, -0.05) is 37.3 Å². The molecule has 2 N–H and O–H groups in total. The van der Waals surface area contributed by atoms with Crippen molar-refractivity contribution in [3.8, 4) is 0 Å². The van der Waals surface area contributed by atoms with E-state index in [-0.39, 0.29) is 38.4 Å². The molecule has 0 fully saturated rings. The van der Waals surface area contributed by atoms with E-state index in [1.54, 1.807) is 6.92 Å². The second kappa shape index (κ2) is 9.68. The number of ketones is 1. The Labute approximate surface area is 129 Å². The summed E-state index contributed by atoms with van der Waals surface area (Å²) in [6, 6.07) is 9.18. The van der Waals surface area contributed by atoms with Gasteiger partial charge in [0.2, 0.25) is 0 Å². The van der Waals surface area contributed by atoms with Crippen molar-refractivity contribution in [2.45, 2.75) is 26.4 Å². The zero-order chi connectivity index (χ0) is 16.4. The lowest BCUT2D eigenvalue weighted by atomic mass is 10.1. The predicted molar refractivity (Wildman–Crippen MR) is 79.7 cm³/mol. The lowest BCUT2D eigenvalue weighted by molar-refractivity contribution is -0.163. The zero-order valence-corrected chi connectivity index (χ0v) is 12.6. The quantitative estimate of drug-likeness (QED) is 0.544. The summed E-state index contributed by atoms with van der Waals surface area (Å²) in [5, 5.41) is 0. The minimum Gasteiger partial charge on any atom is -0.465 e. The van der Waals surface area contributed by atoms with Gasteiger partial charge < -0.3 is 15.2 Å². The molecule has 1 atom stereocenters. The first kappa shape index (κ1) is 17.8. The molecule has 0 aliphatic heterocycles. The molecule has 0 spiro atoms. The van der Waals surface area contributed by atoms with Crippen molar-refractivity contribution < 1.29 is 23.9 Å². The smallest absolute Gasteiger partial charge is 0.320 e. The van der Waals surface area contributed by atoms with Crippen LogP contribution < -0.4 is 5.73 Å². The molecule has 0 aliphatic carbocycles. The van der Waals surface area contributed by atoms with Gasteiger partial charge in [0.1, 0.15) is 12.4 Å². The van der Waals surface area contributed by atoms with Crippen LogP contribution in [0.25, 0.3) is 0 Å². The van der Waals surface area contributed by atoms with Crippen LogP contribution in [0.15, 0.2) is 30.3 Å². The first-order valence-electron chi connectivity index (χ1n) is 7.17. The third kappa shape index (κ3) is 6.05. The first-order valence-corrected chi connectivity index (χ1v) is 7.17. The Morgan fingerprint density at radius 2 is 1.73 bits per heavy atom. The number of nitrogens with two attached hydrogens (primary N) is 1. The van der Waals surface area contributed by atoms with Crippen molar-refractivity contribution >= 4 is 17.7 Å². The number of esters is 2. The second-order valence-electron chi connectivity index (χ2n) is 4.71. The number of hydrogen-bond donors (Lipinski definition) is 1. The van der Waals surface area contributed by atoms with Crippen LogP contribution in [0.4, 0.5) is 0 Å². The van der Waals surface area contributed by atoms with Crippen molar-refractivity contribution in [2.24, 2.45) is 11.7 Å². The molecule has 0 saturated carbocycles. The Bertz CT molecular complexity index is 501. The van der Waals surface area contributed by atoms with E-state index >= 15 is 0 Å². The number of hydrogen-bond acceptors (Lipinski definition) is 6. The molecule has 6 nitrogen and oxygen atoms in total. The van der Waals surface area contributed by atoms with E-state index < -0.39 is 17.9 Å². The van der Waals surface area contributed by atoms with Gasteiger partial charge in [-0.3, -0.25) is 14.4 Å². The highest BCUT2D eigenvalue weighted by Gasteiger charge is 2.28. The molecule has 0 radical (unpaired) electrons. The number of carbonyl (C=O) groups excluding carboxylic acids is 3. The fraction of sp³-hybridized carbons (Fsp3) is 0.438. The van der Waals surface area contributed by atoms with Gasteiger partial charge >= 0.3 is 11.9 Å². The standard InChI is InChI=1S/C16H21NO5/c1-2-14(15(19)21-9-8-13(18)10-17)16(20)22-11-12-6-4-3-5-7-12/h3-7,14H,2,8-11,17H2,1H3. The maximum atomic E-state index is 11.9. The summed E-state index contributed by atoms with van der Waals surface area (Å²) < 4.78 is 10.0. The van der Waals surface area contributed by atoms with Gasteiger partial charge in [0.05, 0.1) is 13.2 Å². The van der Waals surface area contributed by atoms with Gasteiger partial charge in [-0.25, -0.2) is 0 Å². The number of ether oxygens (including phenoxy) is 2. The average molecular weight is 307 g/mol. The molecular formula is C16H21NO5. The van der Waals surface area contributed by atoms with Gasteiger partial charge in [0.25, 0.3) is 0 Å². The maximum Gasteiger partial charge on any atom is 0.320 e. The van der Waals surface area contributed by atoms with E-state index in [4.69, 9.17) is 15.2 Å². The minimum absolute atomic E-state index is 0.0533. The molecule has 0 heterocycles. The van der Waals surface area contributed by atoms with E-state index in [1.165, 1.54) is 0 Å². The molecule has 0 bridgehead atoms. The summed E-state index contributed by atoms with van der Waals surface area (Å²) in [5.74, 6) is -2.48. The topological polar surface area (TPSA) is 95.7 Å². The molecule has 120 valence electrons. The fourth-order valence-electron chi connectivity index (χ4n) is 1.73. The Hall–Kier alpha value is -2.21. The van der Waals surface area contributed by atoms with Crippen LogP contribution in [-0.4, -0.2) is 30.9 Å². The molecule has 1 rings (SSSR count). The Balaban J connectivity index is 2.42. The highest BCUT2D eigenvalue weighted by Crippen LogP contribution is 2.11. The molecular weight excluding hydrogens is 286 g/mol. The predicted octanol–water partition coefficient (Wildman–Crippen LogP) is 1.22. The summed E-state index contributed by atoms with van der Waals surface area (Å²) in [4.78, 5) is 34.8. The number of rotatable bonds is 9. The Kier molecular flexibility index (Phi) is 7.85. The molecule has 0 aromatic heterocycles. The second-order valence-corrected chi connectivity index (χ2v) is 4.71. The molecule has 1 aromatic rings. The molecule has 6 heteroatoms. The van der Waals surface area contributed by atoms with Crippen molar-refractivity contribution in [2.75, 3.05) is 13.2 Å². The van der Waals surface area contributed by atoms with Crippen LogP contribution in [0, 0.1) is 5.92 Å². The highest BCUT2D eigenvalue weighted by atomic mass is 16.6. The van der Waals surface area contributed by atoms with Gasteiger partial charge in [0.15, 0.2) is 5.92 Å². The molecule has 0 aliphatic rings.